The van der Waals surface area contributed by atoms with Crippen molar-refractivity contribution in [1.29, 1.82) is 0 Å². The lowest BCUT2D eigenvalue weighted by molar-refractivity contribution is 0.0719. The highest BCUT2D eigenvalue weighted by atomic mass is 16.3. The van der Waals surface area contributed by atoms with Crippen LogP contribution in [-0.4, -0.2) is 34.0 Å². The SMILES string of the molecule is CC(C)CC(C)N(C)C(=O)c1ncccc1O. The molecular formula is C13H20N2O2. The number of rotatable bonds is 4. The largest absolute Gasteiger partial charge is 0.505 e. The summed E-state index contributed by atoms with van der Waals surface area (Å²) >= 11 is 0. The predicted octanol–water partition coefficient (Wildman–Crippen LogP) is 2.29. The number of pyridine rings is 1. The number of carbonyl (C=O) groups excluding carboxylic acids is 1. The van der Waals surface area contributed by atoms with Crippen molar-refractivity contribution < 1.29 is 9.90 Å². The fourth-order valence-electron chi connectivity index (χ4n) is 1.77. The molecule has 17 heavy (non-hydrogen) atoms. The first-order valence-electron chi connectivity index (χ1n) is 5.84. The molecule has 1 N–H and O–H groups in total. The predicted molar refractivity (Wildman–Crippen MR) is 66.9 cm³/mol. The van der Waals surface area contributed by atoms with E-state index in [0.717, 1.165) is 6.42 Å². The van der Waals surface area contributed by atoms with E-state index in [1.807, 2.05) is 6.92 Å². The molecule has 4 heteroatoms. The van der Waals surface area contributed by atoms with Gasteiger partial charge in [-0.05, 0) is 31.4 Å². The Labute approximate surface area is 102 Å². The van der Waals surface area contributed by atoms with E-state index in [2.05, 4.69) is 18.8 Å². The molecule has 0 spiro atoms. The van der Waals surface area contributed by atoms with Gasteiger partial charge in [-0.3, -0.25) is 4.79 Å². The van der Waals surface area contributed by atoms with Gasteiger partial charge < -0.3 is 10.0 Å². The summed E-state index contributed by atoms with van der Waals surface area (Å²) in [4.78, 5) is 17.6. The molecule has 0 saturated carbocycles. The first-order valence-corrected chi connectivity index (χ1v) is 5.84. The Morgan fingerprint density at radius 2 is 2.12 bits per heavy atom. The number of hydrogen-bond acceptors (Lipinski definition) is 3. The molecule has 0 bridgehead atoms. The molecule has 1 amide bonds. The van der Waals surface area contributed by atoms with Gasteiger partial charge in [-0.1, -0.05) is 13.8 Å². The molecule has 1 heterocycles. The topological polar surface area (TPSA) is 53.4 Å². The van der Waals surface area contributed by atoms with E-state index in [4.69, 9.17) is 0 Å². The molecule has 4 nitrogen and oxygen atoms in total. The van der Waals surface area contributed by atoms with Gasteiger partial charge in [-0.2, -0.15) is 0 Å². The number of nitrogens with zero attached hydrogens (tertiary/aromatic N) is 2. The maximum atomic E-state index is 12.1. The van der Waals surface area contributed by atoms with Crippen LogP contribution in [0, 0.1) is 5.92 Å². The molecule has 1 aromatic rings. The fraction of sp³-hybridized carbons (Fsp3) is 0.538. The minimum atomic E-state index is -0.240. The first kappa shape index (κ1) is 13.5. The van der Waals surface area contributed by atoms with E-state index in [1.54, 1.807) is 18.0 Å². The molecule has 0 fully saturated rings. The van der Waals surface area contributed by atoms with E-state index in [-0.39, 0.29) is 23.4 Å². The van der Waals surface area contributed by atoms with Crippen LogP contribution in [-0.2, 0) is 0 Å². The fourth-order valence-corrected chi connectivity index (χ4v) is 1.77. The van der Waals surface area contributed by atoms with Crippen molar-refractivity contribution in [2.24, 2.45) is 5.92 Å². The van der Waals surface area contributed by atoms with Crippen molar-refractivity contribution in [3.8, 4) is 5.75 Å². The van der Waals surface area contributed by atoms with Crippen molar-refractivity contribution in [3.63, 3.8) is 0 Å². The summed E-state index contributed by atoms with van der Waals surface area (Å²) in [6.45, 7) is 6.23. The minimum absolute atomic E-state index is 0.0684. The third-order valence-electron chi connectivity index (χ3n) is 2.78. The van der Waals surface area contributed by atoms with Gasteiger partial charge in [0.1, 0.15) is 5.75 Å². The first-order chi connectivity index (χ1) is 7.93. The molecule has 94 valence electrons. The zero-order chi connectivity index (χ0) is 13.0. The Morgan fingerprint density at radius 3 is 2.65 bits per heavy atom. The Morgan fingerprint density at radius 1 is 1.47 bits per heavy atom. The van der Waals surface area contributed by atoms with Crippen LogP contribution in [0.15, 0.2) is 18.3 Å². The quantitative estimate of drug-likeness (QED) is 0.872. The molecule has 1 rings (SSSR count). The lowest BCUT2D eigenvalue weighted by atomic mass is 10.0. The molecule has 0 saturated heterocycles. The summed E-state index contributed by atoms with van der Waals surface area (Å²) < 4.78 is 0. The van der Waals surface area contributed by atoms with Crippen LogP contribution in [0.25, 0.3) is 0 Å². The van der Waals surface area contributed by atoms with Crippen LogP contribution in [0.4, 0.5) is 0 Å². The standard InChI is InChI=1S/C13H20N2O2/c1-9(2)8-10(3)15(4)13(17)12-11(16)6-5-7-14-12/h5-7,9-10,16H,8H2,1-4H3. The molecule has 0 aliphatic carbocycles. The van der Waals surface area contributed by atoms with Crippen molar-refractivity contribution >= 4 is 5.91 Å². The van der Waals surface area contributed by atoms with Gasteiger partial charge in [-0.15, -0.1) is 0 Å². The van der Waals surface area contributed by atoms with Crippen molar-refractivity contribution in [2.75, 3.05) is 7.05 Å². The maximum absolute atomic E-state index is 12.1. The smallest absolute Gasteiger partial charge is 0.276 e. The summed E-state index contributed by atoms with van der Waals surface area (Å²) in [5, 5.41) is 9.58. The highest BCUT2D eigenvalue weighted by Gasteiger charge is 2.21. The summed E-state index contributed by atoms with van der Waals surface area (Å²) in [5.41, 5.74) is 0.116. The lowest BCUT2D eigenvalue weighted by Gasteiger charge is -2.26. The molecule has 0 aliphatic heterocycles. The van der Waals surface area contributed by atoms with Gasteiger partial charge in [0, 0.05) is 19.3 Å². The van der Waals surface area contributed by atoms with Crippen molar-refractivity contribution in [1.82, 2.24) is 9.88 Å². The summed E-state index contributed by atoms with van der Waals surface area (Å²) in [6.07, 6.45) is 2.43. The van der Waals surface area contributed by atoms with Gasteiger partial charge in [-0.25, -0.2) is 4.98 Å². The number of amides is 1. The van der Waals surface area contributed by atoms with Crippen molar-refractivity contribution in [2.45, 2.75) is 33.2 Å². The Hall–Kier alpha value is -1.58. The van der Waals surface area contributed by atoms with Crippen LogP contribution in [0.1, 0.15) is 37.7 Å². The summed E-state index contributed by atoms with van der Waals surface area (Å²) in [7, 11) is 1.74. The second-order valence-corrected chi connectivity index (χ2v) is 4.77. The number of carbonyl (C=O) groups is 1. The average molecular weight is 236 g/mol. The molecule has 1 unspecified atom stereocenters. The summed E-state index contributed by atoms with van der Waals surface area (Å²) in [5.74, 6) is 0.218. The molecule has 0 radical (unpaired) electrons. The third-order valence-corrected chi connectivity index (χ3v) is 2.78. The van der Waals surface area contributed by atoms with E-state index >= 15 is 0 Å². The third kappa shape index (κ3) is 3.44. The van der Waals surface area contributed by atoms with Gasteiger partial charge in [0.25, 0.3) is 5.91 Å². The van der Waals surface area contributed by atoms with Gasteiger partial charge in [0.15, 0.2) is 5.69 Å². The van der Waals surface area contributed by atoms with Crippen LogP contribution < -0.4 is 0 Å². The molecule has 0 aromatic carbocycles. The normalized spacial score (nSPS) is 12.5. The Kier molecular flexibility index (Phi) is 4.49. The monoisotopic (exact) mass is 236 g/mol. The zero-order valence-electron chi connectivity index (χ0n) is 10.8. The zero-order valence-corrected chi connectivity index (χ0v) is 10.8. The van der Waals surface area contributed by atoms with Gasteiger partial charge in [0.2, 0.25) is 0 Å². The molecule has 1 atom stereocenters. The second-order valence-electron chi connectivity index (χ2n) is 4.77. The van der Waals surface area contributed by atoms with E-state index in [1.165, 1.54) is 12.3 Å². The van der Waals surface area contributed by atoms with Crippen LogP contribution >= 0.6 is 0 Å². The molecular weight excluding hydrogens is 216 g/mol. The van der Waals surface area contributed by atoms with Crippen LogP contribution in [0.5, 0.6) is 5.75 Å². The van der Waals surface area contributed by atoms with Crippen molar-refractivity contribution in [3.05, 3.63) is 24.0 Å². The molecule has 0 aliphatic rings. The maximum Gasteiger partial charge on any atom is 0.276 e. The van der Waals surface area contributed by atoms with E-state index < -0.39 is 0 Å². The number of hydrogen-bond donors (Lipinski definition) is 1. The summed E-state index contributed by atoms with van der Waals surface area (Å²) in [6, 6.07) is 3.20. The van der Waals surface area contributed by atoms with Crippen LogP contribution in [0.2, 0.25) is 0 Å². The highest BCUT2D eigenvalue weighted by Crippen LogP contribution is 2.17. The van der Waals surface area contributed by atoms with Gasteiger partial charge in [0.05, 0.1) is 0 Å². The van der Waals surface area contributed by atoms with Crippen LogP contribution in [0.3, 0.4) is 0 Å². The number of aromatic nitrogens is 1. The van der Waals surface area contributed by atoms with E-state index in [0.29, 0.717) is 5.92 Å². The number of aromatic hydroxyl groups is 1. The highest BCUT2D eigenvalue weighted by molar-refractivity contribution is 5.94. The minimum Gasteiger partial charge on any atom is -0.505 e. The lowest BCUT2D eigenvalue weighted by Crippen LogP contribution is -2.36. The second kappa shape index (κ2) is 5.66. The Bertz CT molecular complexity index is 391. The average Bonchev–Trinajstić information content (AvgIpc) is 2.27. The van der Waals surface area contributed by atoms with E-state index in [9.17, 15) is 9.90 Å². The Balaban J connectivity index is 2.80. The molecule has 1 aromatic heterocycles. The van der Waals surface area contributed by atoms with Gasteiger partial charge >= 0.3 is 0 Å².